The summed E-state index contributed by atoms with van der Waals surface area (Å²) in [6, 6.07) is 7.79. The summed E-state index contributed by atoms with van der Waals surface area (Å²) in [6.45, 7) is 9.53. The van der Waals surface area contributed by atoms with Crippen molar-refractivity contribution in [2.75, 3.05) is 32.7 Å². The molecule has 25 heavy (non-hydrogen) atoms. The molecule has 134 valence electrons. The molecule has 1 amide bonds. The molecule has 1 fully saturated rings. The largest absolute Gasteiger partial charge is 0.339 e. The van der Waals surface area contributed by atoms with Crippen LogP contribution in [0.4, 0.5) is 0 Å². The van der Waals surface area contributed by atoms with E-state index < -0.39 is 0 Å². The number of carbonyl (C=O) groups is 1. The summed E-state index contributed by atoms with van der Waals surface area (Å²) in [5.74, 6) is 0.851. The van der Waals surface area contributed by atoms with Gasteiger partial charge in [-0.1, -0.05) is 19.9 Å². The number of piperidine rings is 1. The van der Waals surface area contributed by atoms with Crippen LogP contribution in [0.3, 0.4) is 0 Å². The van der Waals surface area contributed by atoms with Crippen LogP contribution in [0.15, 0.2) is 43.0 Å². The van der Waals surface area contributed by atoms with E-state index in [4.69, 9.17) is 0 Å². The van der Waals surface area contributed by atoms with Gasteiger partial charge in [-0.3, -0.25) is 4.79 Å². The van der Waals surface area contributed by atoms with Crippen molar-refractivity contribution in [2.45, 2.75) is 26.7 Å². The van der Waals surface area contributed by atoms with Crippen molar-refractivity contribution in [1.82, 2.24) is 19.4 Å². The molecule has 0 saturated carbocycles. The molecular weight excluding hydrogens is 312 g/mol. The van der Waals surface area contributed by atoms with Crippen molar-refractivity contribution >= 4 is 5.91 Å². The van der Waals surface area contributed by atoms with Gasteiger partial charge in [0.05, 0.1) is 6.33 Å². The highest BCUT2D eigenvalue weighted by atomic mass is 16.2. The quantitative estimate of drug-likeness (QED) is 0.811. The van der Waals surface area contributed by atoms with Crippen LogP contribution in [-0.2, 0) is 0 Å². The zero-order chi connectivity index (χ0) is 17.6. The highest BCUT2D eigenvalue weighted by molar-refractivity contribution is 5.94. The molecule has 0 N–H and O–H groups in total. The number of nitrogens with zero attached hydrogens (tertiary/aromatic N) is 4. The van der Waals surface area contributed by atoms with E-state index in [-0.39, 0.29) is 5.91 Å². The van der Waals surface area contributed by atoms with E-state index in [1.54, 1.807) is 12.5 Å². The fourth-order valence-electron chi connectivity index (χ4n) is 3.56. The fraction of sp³-hybridized carbons (Fsp3) is 0.500. The van der Waals surface area contributed by atoms with Crippen molar-refractivity contribution in [2.24, 2.45) is 5.92 Å². The number of carbonyl (C=O) groups excluding carboxylic acids is 1. The molecule has 1 aromatic heterocycles. The van der Waals surface area contributed by atoms with Crippen LogP contribution in [0.2, 0.25) is 0 Å². The van der Waals surface area contributed by atoms with Crippen LogP contribution in [0, 0.1) is 5.92 Å². The van der Waals surface area contributed by atoms with Gasteiger partial charge >= 0.3 is 0 Å². The third-order valence-corrected chi connectivity index (χ3v) is 5.21. The fourth-order valence-corrected chi connectivity index (χ4v) is 3.56. The summed E-state index contributed by atoms with van der Waals surface area (Å²) >= 11 is 0. The van der Waals surface area contributed by atoms with Gasteiger partial charge in [0, 0.05) is 43.3 Å². The Labute approximate surface area is 150 Å². The second kappa shape index (κ2) is 8.30. The van der Waals surface area contributed by atoms with E-state index in [0.29, 0.717) is 5.92 Å². The number of imidazole rings is 1. The molecule has 3 rings (SSSR count). The van der Waals surface area contributed by atoms with Crippen LogP contribution in [0.1, 0.15) is 37.0 Å². The summed E-state index contributed by atoms with van der Waals surface area (Å²) in [5, 5.41) is 0. The van der Waals surface area contributed by atoms with Crippen LogP contribution in [-0.4, -0.2) is 58.0 Å². The maximum Gasteiger partial charge on any atom is 0.253 e. The van der Waals surface area contributed by atoms with Gasteiger partial charge < -0.3 is 14.4 Å². The van der Waals surface area contributed by atoms with Crippen LogP contribution in [0.5, 0.6) is 0 Å². The standard InChI is InChI=1S/C20H28N4O/c1-3-22(4-2)15-17-8-11-23(12-9-17)20(25)18-6-5-7-19(14-18)24-13-10-21-16-24/h5-7,10,13-14,16-17H,3-4,8-9,11-12,15H2,1-2H3. The molecule has 1 aliphatic heterocycles. The predicted molar refractivity (Wildman–Crippen MR) is 100.0 cm³/mol. The molecule has 1 saturated heterocycles. The van der Waals surface area contributed by atoms with Crippen molar-refractivity contribution in [3.05, 3.63) is 48.5 Å². The number of hydrogen-bond acceptors (Lipinski definition) is 3. The van der Waals surface area contributed by atoms with Gasteiger partial charge in [0.15, 0.2) is 0 Å². The summed E-state index contributed by atoms with van der Waals surface area (Å²) in [5.41, 5.74) is 1.73. The topological polar surface area (TPSA) is 41.4 Å². The Bertz CT molecular complexity index is 671. The minimum Gasteiger partial charge on any atom is -0.339 e. The van der Waals surface area contributed by atoms with Gasteiger partial charge in [0.2, 0.25) is 0 Å². The zero-order valence-electron chi connectivity index (χ0n) is 15.3. The lowest BCUT2D eigenvalue weighted by atomic mass is 9.95. The monoisotopic (exact) mass is 340 g/mol. The highest BCUT2D eigenvalue weighted by Gasteiger charge is 2.24. The van der Waals surface area contributed by atoms with Gasteiger partial charge in [-0.25, -0.2) is 4.98 Å². The van der Waals surface area contributed by atoms with Gasteiger partial charge in [-0.15, -0.1) is 0 Å². The van der Waals surface area contributed by atoms with Gasteiger partial charge in [0.25, 0.3) is 5.91 Å². The molecule has 1 aromatic carbocycles. The molecule has 0 radical (unpaired) electrons. The van der Waals surface area contributed by atoms with E-state index in [0.717, 1.165) is 56.8 Å². The summed E-state index contributed by atoms with van der Waals surface area (Å²) in [4.78, 5) is 21.4. The SMILES string of the molecule is CCN(CC)CC1CCN(C(=O)c2cccc(-n3ccnc3)c2)CC1. The van der Waals surface area contributed by atoms with E-state index in [9.17, 15) is 4.79 Å². The van der Waals surface area contributed by atoms with E-state index >= 15 is 0 Å². The third kappa shape index (κ3) is 4.28. The number of hydrogen-bond donors (Lipinski definition) is 0. The van der Waals surface area contributed by atoms with Crippen molar-refractivity contribution in [3.63, 3.8) is 0 Å². The Morgan fingerprint density at radius 2 is 2.00 bits per heavy atom. The molecule has 2 heterocycles. The molecule has 1 aliphatic rings. The molecule has 0 aliphatic carbocycles. The lowest BCUT2D eigenvalue weighted by Gasteiger charge is -2.34. The minimum atomic E-state index is 0.142. The molecule has 0 spiro atoms. The Morgan fingerprint density at radius 1 is 1.24 bits per heavy atom. The van der Waals surface area contributed by atoms with Gasteiger partial charge in [-0.05, 0) is 50.0 Å². The van der Waals surface area contributed by atoms with Crippen LogP contribution in [0.25, 0.3) is 5.69 Å². The first kappa shape index (κ1) is 17.7. The van der Waals surface area contributed by atoms with Crippen LogP contribution < -0.4 is 0 Å². The minimum absolute atomic E-state index is 0.142. The first-order valence-electron chi connectivity index (χ1n) is 9.31. The second-order valence-corrected chi connectivity index (χ2v) is 6.74. The molecule has 2 aromatic rings. The molecule has 0 atom stereocenters. The Kier molecular flexibility index (Phi) is 5.87. The van der Waals surface area contributed by atoms with E-state index in [2.05, 4.69) is 23.7 Å². The number of aromatic nitrogens is 2. The van der Waals surface area contributed by atoms with Crippen molar-refractivity contribution in [1.29, 1.82) is 0 Å². The maximum absolute atomic E-state index is 12.9. The number of amides is 1. The summed E-state index contributed by atoms with van der Waals surface area (Å²) in [6.07, 6.45) is 7.59. The van der Waals surface area contributed by atoms with Crippen LogP contribution >= 0.6 is 0 Å². The molecule has 5 nitrogen and oxygen atoms in total. The first-order valence-corrected chi connectivity index (χ1v) is 9.31. The van der Waals surface area contributed by atoms with Crippen molar-refractivity contribution in [3.8, 4) is 5.69 Å². The highest BCUT2D eigenvalue weighted by Crippen LogP contribution is 2.21. The molecular formula is C20H28N4O. The van der Waals surface area contributed by atoms with Gasteiger partial charge in [-0.2, -0.15) is 0 Å². The Morgan fingerprint density at radius 3 is 2.64 bits per heavy atom. The molecule has 0 unspecified atom stereocenters. The van der Waals surface area contributed by atoms with E-state index in [1.165, 1.54) is 0 Å². The average Bonchev–Trinajstić information content (AvgIpc) is 3.21. The number of benzene rings is 1. The predicted octanol–water partition coefficient (Wildman–Crippen LogP) is 3.07. The molecule has 0 bridgehead atoms. The first-order chi connectivity index (χ1) is 12.2. The smallest absolute Gasteiger partial charge is 0.253 e. The summed E-state index contributed by atoms with van der Waals surface area (Å²) in [7, 11) is 0. The Balaban J connectivity index is 1.60. The zero-order valence-corrected chi connectivity index (χ0v) is 15.3. The van der Waals surface area contributed by atoms with E-state index in [1.807, 2.05) is 39.9 Å². The third-order valence-electron chi connectivity index (χ3n) is 5.21. The van der Waals surface area contributed by atoms with Gasteiger partial charge in [0.1, 0.15) is 0 Å². The normalized spacial score (nSPS) is 15.7. The number of likely N-dealkylation sites (tertiary alicyclic amines) is 1. The number of rotatable bonds is 6. The second-order valence-electron chi connectivity index (χ2n) is 6.74. The lowest BCUT2D eigenvalue weighted by molar-refractivity contribution is 0.0669. The maximum atomic E-state index is 12.9. The van der Waals surface area contributed by atoms with Crippen molar-refractivity contribution < 1.29 is 4.79 Å². The molecule has 5 heteroatoms. The lowest BCUT2D eigenvalue weighted by Crippen LogP contribution is -2.41. The average molecular weight is 340 g/mol. The summed E-state index contributed by atoms with van der Waals surface area (Å²) < 4.78 is 1.92. The Hall–Kier alpha value is -2.14.